The zero-order chi connectivity index (χ0) is 29.7. The van der Waals surface area contributed by atoms with E-state index in [-0.39, 0.29) is 0 Å². The fraction of sp³-hybridized carbons (Fsp3) is 0. The first-order valence-electron chi connectivity index (χ1n) is 15.0. The second-order valence-corrected chi connectivity index (χ2v) is 12.3. The fourth-order valence-electron chi connectivity index (χ4n) is 6.30. The first kappa shape index (κ1) is 25.8. The minimum absolute atomic E-state index is 0.657. The molecule has 9 rings (SSSR count). The van der Waals surface area contributed by atoms with Gasteiger partial charge in [-0.3, -0.25) is 0 Å². The molecule has 0 fully saturated rings. The number of hydrogen-bond acceptors (Lipinski definition) is 4. The Kier molecular flexibility index (Phi) is 6.00. The summed E-state index contributed by atoms with van der Waals surface area (Å²) < 4.78 is 2.48. The SMILES string of the molecule is c1ccc(-c2nc(-c3ccc(-c4ccc5ccccc5c4)cc3)nc(-c3c4ccccc4cc4sc5ccccc5c34)n2)cc1. The van der Waals surface area contributed by atoms with Crippen LogP contribution in [-0.4, -0.2) is 15.0 Å². The molecule has 0 saturated heterocycles. The topological polar surface area (TPSA) is 38.7 Å². The number of nitrogens with zero attached hydrogens (tertiary/aromatic N) is 3. The predicted molar refractivity (Wildman–Crippen MR) is 189 cm³/mol. The predicted octanol–water partition coefficient (Wildman–Crippen LogP) is 11.2. The van der Waals surface area contributed by atoms with Crippen LogP contribution < -0.4 is 0 Å². The van der Waals surface area contributed by atoms with Crippen LogP contribution in [0.5, 0.6) is 0 Å². The maximum absolute atomic E-state index is 5.21. The van der Waals surface area contributed by atoms with E-state index < -0.39 is 0 Å². The molecule has 9 aromatic rings. The number of thiophene rings is 1. The molecule has 2 aromatic heterocycles. The van der Waals surface area contributed by atoms with Gasteiger partial charge in [-0.15, -0.1) is 11.3 Å². The lowest BCUT2D eigenvalue weighted by atomic mass is 9.98. The molecule has 0 atom stereocenters. The van der Waals surface area contributed by atoms with Crippen LogP contribution in [0.4, 0.5) is 0 Å². The summed E-state index contributed by atoms with van der Waals surface area (Å²) in [7, 11) is 0. The van der Waals surface area contributed by atoms with E-state index in [0.29, 0.717) is 17.5 Å². The van der Waals surface area contributed by atoms with Crippen LogP contribution >= 0.6 is 11.3 Å². The Morgan fingerprint density at radius 3 is 1.73 bits per heavy atom. The summed E-state index contributed by atoms with van der Waals surface area (Å²) >= 11 is 1.82. The number of aromatic nitrogens is 3. The molecule has 0 aliphatic carbocycles. The molecule has 0 aliphatic rings. The van der Waals surface area contributed by atoms with Crippen LogP contribution in [0.2, 0.25) is 0 Å². The van der Waals surface area contributed by atoms with Gasteiger partial charge in [0.1, 0.15) is 0 Å². The van der Waals surface area contributed by atoms with Gasteiger partial charge in [-0.2, -0.15) is 0 Å². The van der Waals surface area contributed by atoms with Crippen molar-refractivity contribution in [3.63, 3.8) is 0 Å². The summed E-state index contributed by atoms with van der Waals surface area (Å²) in [6.07, 6.45) is 0. The Hall–Kier alpha value is -5.71. The second-order valence-electron chi connectivity index (χ2n) is 11.3. The van der Waals surface area contributed by atoms with E-state index in [4.69, 9.17) is 15.0 Å². The summed E-state index contributed by atoms with van der Waals surface area (Å²) in [6, 6.07) is 53.3. The standard InChI is InChI=1S/C41H25N3S/c1-2-11-28(12-3-1)39-42-40(29-21-18-27(19-22-29)31-23-20-26-10-4-5-13-30(26)24-31)44-41(43-39)38-33-15-7-6-14-32(33)25-36-37(38)34-16-8-9-17-35(34)45-36/h1-25H. The van der Waals surface area contributed by atoms with Crippen LogP contribution in [0.1, 0.15) is 0 Å². The van der Waals surface area contributed by atoms with Crippen molar-refractivity contribution in [2.24, 2.45) is 0 Å². The maximum atomic E-state index is 5.21. The molecule has 0 unspecified atom stereocenters. The first-order valence-corrected chi connectivity index (χ1v) is 15.8. The fourth-order valence-corrected chi connectivity index (χ4v) is 7.46. The molecule has 7 aromatic carbocycles. The van der Waals surface area contributed by atoms with Crippen molar-refractivity contribution in [3.8, 4) is 45.3 Å². The third kappa shape index (κ3) is 4.46. The number of rotatable bonds is 4. The number of hydrogen-bond donors (Lipinski definition) is 0. The molecule has 210 valence electrons. The Balaban J connectivity index is 1.26. The molecule has 0 N–H and O–H groups in total. The minimum atomic E-state index is 0.657. The van der Waals surface area contributed by atoms with Gasteiger partial charge < -0.3 is 0 Å². The van der Waals surface area contributed by atoms with E-state index in [2.05, 4.69) is 133 Å². The third-order valence-electron chi connectivity index (χ3n) is 8.51. The van der Waals surface area contributed by atoms with Gasteiger partial charge in [0.2, 0.25) is 0 Å². The van der Waals surface area contributed by atoms with Gasteiger partial charge in [-0.1, -0.05) is 133 Å². The monoisotopic (exact) mass is 591 g/mol. The van der Waals surface area contributed by atoms with Gasteiger partial charge in [0, 0.05) is 36.9 Å². The van der Waals surface area contributed by atoms with Crippen molar-refractivity contribution in [2.75, 3.05) is 0 Å². The molecule has 0 aliphatic heterocycles. The van der Waals surface area contributed by atoms with Crippen LogP contribution in [0.15, 0.2) is 152 Å². The summed E-state index contributed by atoms with van der Waals surface area (Å²) in [5.74, 6) is 2.00. The second kappa shape index (κ2) is 10.5. The van der Waals surface area contributed by atoms with Gasteiger partial charge in [-0.05, 0) is 50.9 Å². The van der Waals surface area contributed by atoms with Crippen molar-refractivity contribution in [1.29, 1.82) is 0 Å². The molecule has 0 amide bonds. The van der Waals surface area contributed by atoms with E-state index >= 15 is 0 Å². The molecule has 0 saturated carbocycles. The highest BCUT2D eigenvalue weighted by Gasteiger charge is 2.20. The largest absolute Gasteiger partial charge is 0.208 e. The molecular formula is C41H25N3S. The Morgan fingerprint density at radius 2 is 0.933 bits per heavy atom. The lowest BCUT2D eigenvalue weighted by Crippen LogP contribution is -2.01. The number of fused-ring (bicyclic) bond motifs is 5. The molecule has 0 spiro atoms. The summed E-state index contributed by atoms with van der Waals surface area (Å²) in [5.41, 5.74) is 5.30. The zero-order valence-corrected chi connectivity index (χ0v) is 25.0. The average Bonchev–Trinajstić information content (AvgIpc) is 3.48. The van der Waals surface area contributed by atoms with Crippen molar-refractivity contribution in [2.45, 2.75) is 0 Å². The first-order chi connectivity index (χ1) is 22.3. The lowest BCUT2D eigenvalue weighted by Gasteiger charge is -2.12. The Bertz CT molecular complexity index is 2530. The number of benzene rings is 7. The lowest BCUT2D eigenvalue weighted by molar-refractivity contribution is 1.08. The molecule has 0 radical (unpaired) electrons. The third-order valence-corrected chi connectivity index (χ3v) is 9.62. The quantitative estimate of drug-likeness (QED) is 0.204. The molecule has 3 nitrogen and oxygen atoms in total. The van der Waals surface area contributed by atoms with Crippen molar-refractivity contribution >= 4 is 53.1 Å². The van der Waals surface area contributed by atoms with E-state index in [1.807, 2.05) is 29.5 Å². The van der Waals surface area contributed by atoms with Crippen LogP contribution in [0, 0.1) is 0 Å². The Morgan fingerprint density at radius 1 is 0.356 bits per heavy atom. The van der Waals surface area contributed by atoms with Gasteiger partial charge in [-0.25, -0.2) is 15.0 Å². The Labute approximate surface area is 264 Å². The van der Waals surface area contributed by atoms with E-state index in [0.717, 1.165) is 27.6 Å². The van der Waals surface area contributed by atoms with Gasteiger partial charge in [0.05, 0.1) is 0 Å². The van der Waals surface area contributed by atoms with E-state index in [1.165, 1.54) is 41.9 Å². The van der Waals surface area contributed by atoms with E-state index in [9.17, 15) is 0 Å². The molecule has 45 heavy (non-hydrogen) atoms. The summed E-state index contributed by atoms with van der Waals surface area (Å²) in [4.78, 5) is 15.4. The van der Waals surface area contributed by atoms with Crippen molar-refractivity contribution < 1.29 is 0 Å². The van der Waals surface area contributed by atoms with Crippen molar-refractivity contribution in [3.05, 3.63) is 152 Å². The zero-order valence-electron chi connectivity index (χ0n) is 24.2. The maximum Gasteiger partial charge on any atom is 0.165 e. The average molecular weight is 592 g/mol. The van der Waals surface area contributed by atoms with Crippen LogP contribution in [0.25, 0.3) is 87.0 Å². The minimum Gasteiger partial charge on any atom is -0.208 e. The molecule has 0 bridgehead atoms. The summed E-state index contributed by atoms with van der Waals surface area (Å²) in [5, 5.41) is 7.20. The van der Waals surface area contributed by atoms with Gasteiger partial charge in [0.25, 0.3) is 0 Å². The van der Waals surface area contributed by atoms with Crippen molar-refractivity contribution in [1.82, 2.24) is 15.0 Å². The normalized spacial score (nSPS) is 11.6. The molecule has 4 heteroatoms. The van der Waals surface area contributed by atoms with Crippen LogP contribution in [0.3, 0.4) is 0 Å². The molecule has 2 heterocycles. The highest BCUT2D eigenvalue weighted by atomic mass is 32.1. The highest BCUT2D eigenvalue weighted by Crippen LogP contribution is 2.43. The smallest absolute Gasteiger partial charge is 0.165 e. The molecular weight excluding hydrogens is 567 g/mol. The van der Waals surface area contributed by atoms with Gasteiger partial charge in [0.15, 0.2) is 17.5 Å². The van der Waals surface area contributed by atoms with E-state index in [1.54, 1.807) is 0 Å². The van der Waals surface area contributed by atoms with Gasteiger partial charge >= 0.3 is 0 Å². The van der Waals surface area contributed by atoms with Crippen LogP contribution in [-0.2, 0) is 0 Å². The highest BCUT2D eigenvalue weighted by molar-refractivity contribution is 7.26. The summed E-state index contributed by atoms with van der Waals surface area (Å²) in [6.45, 7) is 0.